The van der Waals surface area contributed by atoms with Crippen LogP contribution in [0.3, 0.4) is 0 Å². The maximum absolute atomic E-state index is 11.9. The fourth-order valence-electron chi connectivity index (χ4n) is 1.83. The van der Waals surface area contributed by atoms with Gasteiger partial charge in [-0.05, 0) is 30.3 Å². The van der Waals surface area contributed by atoms with Crippen molar-refractivity contribution in [3.63, 3.8) is 0 Å². The number of hydrogen-bond acceptors (Lipinski definition) is 3. The number of anilines is 2. The lowest BCUT2D eigenvalue weighted by atomic mass is 10.3. The Labute approximate surface area is 124 Å². The molecule has 6 heteroatoms. The van der Waals surface area contributed by atoms with Crippen molar-refractivity contribution in [1.82, 2.24) is 0 Å². The molecule has 2 N–H and O–H groups in total. The zero-order chi connectivity index (χ0) is 13.9. The number of rotatable bonds is 2. The smallest absolute Gasteiger partial charge is 0.323 e. The molecule has 2 aromatic carbocycles. The van der Waals surface area contributed by atoms with Crippen LogP contribution < -0.4 is 20.1 Å². The van der Waals surface area contributed by atoms with E-state index in [2.05, 4.69) is 26.6 Å². The first-order valence-corrected chi connectivity index (χ1v) is 6.73. The quantitative estimate of drug-likeness (QED) is 0.877. The second kappa shape index (κ2) is 5.42. The Morgan fingerprint density at radius 2 is 1.75 bits per heavy atom. The standard InChI is InChI=1S/C14H11BrN2O3/c15-9-2-1-3-10(6-9)16-14(18)17-11-4-5-12-13(7-11)20-8-19-12/h1-7H,8H2,(H2,16,17,18). The molecule has 1 aliphatic heterocycles. The Balaban J connectivity index is 1.67. The summed E-state index contributed by atoms with van der Waals surface area (Å²) >= 11 is 3.35. The van der Waals surface area contributed by atoms with Crippen LogP contribution in [-0.2, 0) is 0 Å². The monoisotopic (exact) mass is 334 g/mol. The first-order chi connectivity index (χ1) is 9.70. The van der Waals surface area contributed by atoms with Gasteiger partial charge in [-0.3, -0.25) is 0 Å². The van der Waals surface area contributed by atoms with Gasteiger partial charge in [0.05, 0.1) is 0 Å². The third-order valence-corrected chi connectivity index (χ3v) is 3.21. The van der Waals surface area contributed by atoms with Gasteiger partial charge in [0, 0.05) is 21.9 Å². The molecule has 0 unspecified atom stereocenters. The van der Waals surface area contributed by atoms with Crippen LogP contribution in [0.5, 0.6) is 11.5 Å². The topological polar surface area (TPSA) is 59.6 Å². The van der Waals surface area contributed by atoms with Crippen LogP contribution in [0.2, 0.25) is 0 Å². The van der Waals surface area contributed by atoms with Gasteiger partial charge in [0.25, 0.3) is 0 Å². The number of benzene rings is 2. The first kappa shape index (κ1) is 12.8. The van der Waals surface area contributed by atoms with E-state index < -0.39 is 0 Å². The fraction of sp³-hybridized carbons (Fsp3) is 0.0714. The van der Waals surface area contributed by atoms with E-state index in [-0.39, 0.29) is 12.8 Å². The van der Waals surface area contributed by atoms with Crippen LogP contribution in [-0.4, -0.2) is 12.8 Å². The van der Waals surface area contributed by atoms with E-state index in [1.807, 2.05) is 24.3 Å². The largest absolute Gasteiger partial charge is 0.454 e. The molecule has 0 aromatic heterocycles. The summed E-state index contributed by atoms with van der Waals surface area (Å²) in [6, 6.07) is 12.3. The first-order valence-electron chi connectivity index (χ1n) is 5.94. The maximum Gasteiger partial charge on any atom is 0.323 e. The van der Waals surface area contributed by atoms with Gasteiger partial charge in [-0.2, -0.15) is 0 Å². The molecular weight excluding hydrogens is 324 g/mol. The molecule has 0 spiro atoms. The molecule has 20 heavy (non-hydrogen) atoms. The lowest BCUT2D eigenvalue weighted by molar-refractivity contribution is 0.174. The molecule has 1 aliphatic rings. The number of carbonyl (C=O) groups excluding carboxylic acids is 1. The van der Waals surface area contributed by atoms with Crippen molar-refractivity contribution in [2.24, 2.45) is 0 Å². The second-order valence-corrected chi connectivity index (χ2v) is 5.07. The van der Waals surface area contributed by atoms with Gasteiger partial charge in [-0.25, -0.2) is 4.79 Å². The molecule has 102 valence electrons. The third kappa shape index (κ3) is 2.85. The van der Waals surface area contributed by atoms with Crippen LogP contribution in [0.15, 0.2) is 46.9 Å². The van der Waals surface area contributed by atoms with Crippen molar-refractivity contribution in [2.45, 2.75) is 0 Å². The van der Waals surface area contributed by atoms with Crippen LogP contribution in [0, 0.1) is 0 Å². The number of fused-ring (bicyclic) bond motifs is 1. The summed E-state index contributed by atoms with van der Waals surface area (Å²) < 4.78 is 11.4. The highest BCUT2D eigenvalue weighted by atomic mass is 79.9. The molecular formula is C14H11BrN2O3. The lowest BCUT2D eigenvalue weighted by Gasteiger charge is -2.08. The van der Waals surface area contributed by atoms with Crippen LogP contribution in [0.25, 0.3) is 0 Å². The summed E-state index contributed by atoms with van der Waals surface area (Å²) in [4.78, 5) is 11.9. The van der Waals surface area contributed by atoms with E-state index >= 15 is 0 Å². The number of ether oxygens (including phenoxy) is 2. The lowest BCUT2D eigenvalue weighted by Crippen LogP contribution is -2.19. The molecule has 0 saturated heterocycles. The van der Waals surface area contributed by atoms with Crippen molar-refractivity contribution >= 4 is 33.3 Å². The van der Waals surface area contributed by atoms with Crippen molar-refractivity contribution in [2.75, 3.05) is 17.4 Å². The molecule has 5 nitrogen and oxygen atoms in total. The maximum atomic E-state index is 11.9. The molecule has 0 aliphatic carbocycles. The number of halogens is 1. The minimum atomic E-state index is -0.318. The molecule has 0 atom stereocenters. The average Bonchev–Trinajstić information content (AvgIpc) is 2.86. The molecule has 2 amide bonds. The van der Waals surface area contributed by atoms with E-state index in [0.717, 1.165) is 4.47 Å². The number of hydrogen-bond donors (Lipinski definition) is 2. The van der Waals surface area contributed by atoms with Crippen LogP contribution in [0.1, 0.15) is 0 Å². The number of nitrogens with one attached hydrogen (secondary N) is 2. The summed E-state index contributed by atoms with van der Waals surface area (Å²) in [6.07, 6.45) is 0. The van der Waals surface area contributed by atoms with Crippen molar-refractivity contribution in [1.29, 1.82) is 0 Å². The molecule has 0 saturated carbocycles. The molecule has 0 bridgehead atoms. The van der Waals surface area contributed by atoms with Crippen molar-refractivity contribution < 1.29 is 14.3 Å². The zero-order valence-corrected chi connectivity index (χ0v) is 11.9. The van der Waals surface area contributed by atoms with Gasteiger partial charge in [0.2, 0.25) is 6.79 Å². The Hall–Kier alpha value is -2.21. The minimum Gasteiger partial charge on any atom is -0.454 e. The summed E-state index contributed by atoms with van der Waals surface area (Å²) in [7, 11) is 0. The molecule has 0 fully saturated rings. The van der Waals surface area contributed by atoms with E-state index in [1.165, 1.54) is 0 Å². The Morgan fingerprint density at radius 3 is 2.55 bits per heavy atom. The normalized spacial score (nSPS) is 12.1. The third-order valence-electron chi connectivity index (χ3n) is 2.71. The molecule has 3 rings (SSSR count). The van der Waals surface area contributed by atoms with E-state index in [0.29, 0.717) is 22.9 Å². The Kier molecular flexibility index (Phi) is 3.47. The number of amides is 2. The van der Waals surface area contributed by atoms with E-state index in [1.54, 1.807) is 18.2 Å². The summed E-state index contributed by atoms with van der Waals surface area (Å²) in [5.41, 5.74) is 1.35. The van der Waals surface area contributed by atoms with Gasteiger partial charge in [-0.1, -0.05) is 22.0 Å². The predicted molar refractivity (Wildman–Crippen MR) is 79.3 cm³/mol. The SMILES string of the molecule is O=C(Nc1cccc(Br)c1)Nc1ccc2c(c1)OCO2. The zero-order valence-electron chi connectivity index (χ0n) is 10.4. The van der Waals surface area contributed by atoms with Crippen LogP contribution >= 0.6 is 15.9 Å². The average molecular weight is 335 g/mol. The Morgan fingerprint density at radius 1 is 1.00 bits per heavy atom. The van der Waals surface area contributed by atoms with Crippen LogP contribution in [0.4, 0.5) is 16.2 Å². The highest BCUT2D eigenvalue weighted by Gasteiger charge is 2.14. The molecule has 1 heterocycles. The fourth-order valence-corrected chi connectivity index (χ4v) is 2.23. The van der Waals surface area contributed by atoms with E-state index in [9.17, 15) is 4.79 Å². The molecule has 0 radical (unpaired) electrons. The summed E-state index contributed by atoms with van der Waals surface area (Å²) in [5, 5.41) is 5.49. The van der Waals surface area contributed by atoms with Crippen molar-refractivity contribution in [3.05, 3.63) is 46.9 Å². The predicted octanol–water partition coefficient (Wildman–Crippen LogP) is 3.82. The van der Waals surface area contributed by atoms with Crippen molar-refractivity contribution in [3.8, 4) is 11.5 Å². The highest BCUT2D eigenvalue weighted by Crippen LogP contribution is 2.34. The number of carbonyl (C=O) groups is 1. The second-order valence-electron chi connectivity index (χ2n) is 4.16. The summed E-state index contributed by atoms with van der Waals surface area (Å²) in [5.74, 6) is 1.31. The van der Waals surface area contributed by atoms with Gasteiger partial charge < -0.3 is 20.1 Å². The van der Waals surface area contributed by atoms with Gasteiger partial charge in [-0.15, -0.1) is 0 Å². The highest BCUT2D eigenvalue weighted by molar-refractivity contribution is 9.10. The minimum absolute atomic E-state index is 0.211. The molecule has 2 aromatic rings. The van der Waals surface area contributed by atoms with Gasteiger partial charge in [0.1, 0.15) is 0 Å². The van der Waals surface area contributed by atoms with E-state index in [4.69, 9.17) is 9.47 Å². The Bertz CT molecular complexity index is 661. The summed E-state index contributed by atoms with van der Waals surface area (Å²) in [6.45, 7) is 0.211. The van der Waals surface area contributed by atoms with Gasteiger partial charge >= 0.3 is 6.03 Å². The van der Waals surface area contributed by atoms with Gasteiger partial charge in [0.15, 0.2) is 11.5 Å². The number of urea groups is 1.